The number of aliphatic hydroxyl groups is 2. The molecule has 2 aromatic carbocycles. The van der Waals surface area contributed by atoms with Gasteiger partial charge in [-0.3, -0.25) is 9.69 Å². The third kappa shape index (κ3) is 5.52. The molecule has 196 valence electrons. The zero-order valence-electron chi connectivity index (χ0n) is 19.1. The third-order valence-corrected chi connectivity index (χ3v) is 5.86. The fourth-order valence-electron chi connectivity index (χ4n) is 4.14. The van der Waals surface area contributed by atoms with Gasteiger partial charge in [0.15, 0.2) is 0 Å². The number of carbonyl (C=O) groups is 2. The fraction of sp³-hybridized carbons (Fsp3) is 0.292. The zero-order valence-corrected chi connectivity index (χ0v) is 19.1. The van der Waals surface area contributed by atoms with E-state index in [1.165, 1.54) is 47.4 Å². The first kappa shape index (κ1) is 26.0. The van der Waals surface area contributed by atoms with Crippen LogP contribution in [0.5, 0.6) is 0 Å². The van der Waals surface area contributed by atoms with Crippen molar-refractivity contribution in [2.75, 3.05) is 31.1 Å². The molecule has 2 heterocycles. The van der Waals surface area contributed by atoms with Crippen LogP contribution >= 0.6 is 0 Å². The Balaban J connectivity index is 1.60. The molecule has 2 atom stereocenters. The van der Waals surface area contributed by atoms with Gasteiger partial charge in [-0.05, 0) is 29.7 Å². The van der Waals surface area contributed by atoms with Gasteiger partial charge < -0.3 is 34.7 Å². The summed E-state index contributed by atoms with van der Waals surface area (Å²) in [5.41, 5.74) is -1.52. The Morgan fingerprint density at radius 3 is 2.62 bits per heavy atom. The van der Waals surface area contributed by atoms with Crippen molar-refractivity contribution in [2.45, 2.75) is 18.4 Å². The van der Waals surface area contributed by atoms with Crippen LogP contribution in [0.3, 0.4) is 0 Å². The molecule has 1 aliphatic heterocycles. The first-order chi connectivity index (χ1) is 17.5. The summed E-state index contributed by atoms with van der Waals surface area (Å²) in [6, 6.07) is 10.6. The molecule has 3 aromatic rings. The number of alkyl halides is 3. The molecule has 3 N–H and O–H groups in total. The van der Waals surface area contributed by atoms with E-state index in [9.17, 15) is 37.8 Å². The number of hydrogen-bond acceptors (Lipinski definition) is 7. The Hall–Kier alpha value is -4.10. The van der Waals surface area contributed by atoms with Gasteiger partial charge in [-0.25, -0.2) is 4.79 Å². The lowest BCUT2D eigenvalue weighted by atomic mass is 10.0. The SMILES string of the molecule is O=C([O-])N(CC(O)CO)C[C@H]1CN(c2ccc3cc(-c4ccccc4C(F)(F)F)[nH]c(=O)c3c2)C(=O)O1. The molecule has 0 saturated carbocycles. The van der Waals surface area contributed by atoms with E-state index in [1.54, 1.807) is 0 Å². The van der Waals surface area contributed by atoms with Crippen molar-refractivity contribution in [3.63, 3.8) is 0 Å². The van der Waals surface area contributed by atoms with Crippen LogP contribution < -0.4 is 15.6 Å². The van der Waals surface area contributed by atoms with Crippen molar-refractivity contribution in [1.29, 1.82) is 0 Å². The number of H-pyrrole nitrogens is 1. The number of rotatable bonds is 7. The second-order valence-electron chi connectivity index (χ2n) is 8.45. The van der Waals surface area contributed by atoms with Gasteiger partial charge in [-0.1, -0.05) is 24.3 Å². The van der Waals surface area contributed by atoms with E-state index in [0.29, 0.717) is 10.3 Å². The molecule has 13 heteroatoms. The van der Waals surface area contributed by atoms with Gasteiger partial charge in [0.25, 0.3) is 5.56 Å². The van der Waals surface area contributed by atoms with Crippen LogP contribution in [0.25, 0.3) is 22.0 Å². The molecule has 1 unspecified atom stereocenters. The quantitative estimate of drug-likeness (QED) is 0.428. The number of aliphatic hydroxyl groups excluding tert-OH is 2. The minimum atomic E-state index is -4.62. The van der Waals surface area contributed by atoms with E-state index in [2.05, 4.69) is 4.98 Å². The van der Waals surface area contributed by atoms with E-state index in [1.807, 2.05) is 0 Å². The maximum absolute atomic E-state index is 13.4. The van der Waals surface area contributed by atoms with Crippen molar-refractivity contribution < 1.29 is 42.8 Å². The molecule has 0 spiro atoms. The molecule has 0 radical (unpaired) electrons. The lowest BCUT2D eigenvalue weighted by Crippen LogP contribution is -2.49. The standard InChI is InChI=1S/C24H22F3N3O7/c25-24(26,27)19-4-2-1-3-17(19)20-7-13-5-6-14(8-18(13)21(33)28-20)30-11-16(37-23(30)36)10-29(22(34)35)9-15(32)12-31/h1-8,15-16,31-32H,9-12H2,(H,28,33)(H,34,35)/p-1/t15?,16-/m0/s1. The second kappa shape index (κ2) is 10.1. The van der Waals surface area contributed by atoms with Crippen molar-refractivity contribution in [2.24, 2.45) is 0 Å². The van der Waals surface area contributed by atoms with Crippen LogP contribution in [0.4, 0.5) is 28.4 Å². The number of amides is 2. The highest BCUT2D eigenvalue weighted by atomic mass is 19.4. The second-order valence-corrected chi connectivity index (χ2v) is 8.45. The average Bonchev–Trinajstić information content (AvgIpc) is 3.22. The summed E-state index contributed by atoms with van der Waals surface area (Å²) in [5.74, 6) is 0. The summed E-state index contributed by atoms with van der Waals surface area (Å²) >= 11 is 0. The van der Waals surface area contributed by atoms with Crippen LogP contribution in [0, 0.1) is 0 Å². The van der Waals surface area contributed by atoms with Gasteiger partial charge >= 0.3 is 12.3 Å². The molecular weight excluding hydrogens is 499 g/mol. The molecule has 2 amide bonds. The van der Waals surface area contributed by atoms with Gasteiger partial charge in [0.1, 0.15) is 12.2 Å². The van der Waals surface area contributed by atoms with Crippen molar-refractivity contribution in [3.8, 4) is 11.3 Å². The van der Waals surface area contributed by atoms with Gasteiger partial charge in [-0.2, -0.15) is 13.2 Å². The normalized spacial score (nSPS) is 16.6. The number of fused-ring (bicyclic) bond motifs is 1. The Morgan fingerprint density at radius 1 is 1.22 bits per heavy atom. The maximum atomic E-state index is 13.4. The number of hydrogen-bond donors (Lipinski definition) is 3. The van der Waals surface area contributed by atoms with Gasteiger partial charge in [-0.15, -0.1) is 0 Å². The first-order valence-corrected chi connectivity index (χ1v) is 11.0. The first-order valence-electron chi connectivity index (χ1n) is 11.0. The van der Waals surface area contributed by atoms with E-state index < -0.39 is 54.8 Å². The van der Waals surface area contributed by atoms with E-state index in [0.717, 1.165) is 6.07 Å². The highest BCUT2D eigenvalue weighted by Gasteiger charge is 2.35. The smallest absolute Gasteiger partial charge is 0.417 e. The number of aromatic nitrogens is 1. The van der Waals surface area contributed by atoms with Crippen LogP contribution in [-0.2, 0) is 10.9 Å². The van der Waals surface area contributed by atoms with E-state index >= 15 is 0 Å². The summed E-state index contributed by atoms with van der Waals surface area (Å²) in [4.78, 5) is 40.9. The van der Waals surface area contributed by atoms with Crippen molar-refractivity contribution in [3.05, 3.63) is 64.4 Å². The van der Waals surface area contributed by atoms with Crippen LogP contribution in [-0.4, -0.2) is 70.7 Å². The number of carbonyl (C=O) groups excluding carboxylic acids is 2. The monoisotopic (exact) mass is 520 g/mol. The van der Waals surface area contributed by atoms with Gasteiger partial charge in [0, 0.05) is 28.9 Å². The molecule has 1 fully saturated rings. The largest absolute Gasteiger partial charge is 0.530 e. The summed E-state index contributed by atoms with van der Waals surface area (Å²) in [6.45, 7) is -1.52. The molecule has 0 aliphatic carbocycles. The van der Waals surface area contributed by atoms with E-state index in [4.69, 9.17) is 9.84 Å². The zero-order chi connectivity index (χ0) is 26.9. The molecule has 4 rings (SSSR count). The molecule has 1 saturated heterocycles. The molecule has 0 bridgehead atoms. The Labute approximate surface area is 207 Å². The number of anilines is 1. The minimum Gasteiger partial charge on any atom is -0.530 e. The van der Waals surface area contributed by atoms with Crippen molar-refractivity contribution >= 4 is 28.6 Å². The Bertz CT molecular complexity index is 1390. The predicted molar refractivity (Wildman–Crippen MR) is 123 cm³/mol. The third-order valence-electron chi connectivity index (χ3n) is 5.86. The summed E-state index contributed by atoms with van der Waals surface area (Å²) in [5, 5.41) is 30.2. The fourth-order valence-corrected chi connectivity index (χ4v) is 4.14. The van der Waals surface area contributed by atoms with Crippen LogP contribution in [0.2, 0.25) is 0 Å². The summed E-state index contributed by atoms with van der Waals surface area (Å²) in [7, 11) is 0. The van der Waals surface area contributed by atoms with Crippen LogP contribution in [0.15, 0.2) is 53.3 Å². The molecule has 37 heavy (non-hydrogen) atoms. The molecule has 1 aliphatic rings. The number of cyclic esters (lactones) is 1. The number of halogens is 3. The summed E-state index contributed by atoms with van der Waals surface area (Å²) in [6.07, 6.45) is -9.32. The number of pyridine rings is 1. The molecule has 10 nitrogen and oxygen atoms in total. The topological polar surface area (TPSA) is 146 Å². The number of carboxylic acid groups (broad SMARTS) is 1. The molecular formula is C24H21F3N3O7-. The number of benzene rings is 2. The Morgan fingerprint density at radius 2 is 1.95 bits per heavy atom. The average molecular weight is 520 g/mol. The lowest BCUT2D eigenvalue weighted by Gasteiger charge is -2.28. The highest BCUT2D eigenvalue weighted by Crippen LogP contribution is 2.36. The Kier molecular flexibility index (Phi) is 7.09. The maximum Gasteiger partial charge on any atom is 0.417 e. The number of ether oxygens (including phenoxy) is 1. The van der Waals surface area contributed by atoms with Crippen molar-refractivity contribution in [1.82, 2.24) is 9.88 Å². The number of aromatic amines is 1. The number of nitrogens with one attached hydrogen (secondary N) is 1. The minimum absolute atomic E-state index is 0.0220. The number of nitrogens with zero attached hydrogens (tertiary/aromatic N) is 2. The van der Waals surface area contributed by atoms with Crippen LogP contribution in [0.1, 0.15) is 5.56 Å². The molecule has 1 aromatic heterocycles. The summed E-state index contributed by atoms with van der Waals surface area (Å²) < 4.78 is 45.5. The van der Waals surface area contributed by atoms with Gasteiger partial charge in [0.2, 0.25) is 0 Å². The lowest BCUT2D eigenvalue weighted by molar-refractivity contribution is -0.267. The van der Waals surface area contributed by atoms with E-state index in [-0.39, 0.29) is 35.4 Å². The predicted octanol–water partition coefficient (Wildman–Crippen LogP) is 1.54. The van der Waals surface area contributed by atoms with Gasteiger partial charge in [0.05, 0.1) is 31.4 Å². The highest BCUT2D eigenvalue weighted by molar-refractivity contribution is 5.94.